The summed E-state index contributed by atoms with van der Waals surface area (Å²) in [6.45, 7) is 7.09. The molecular formula is C23H27ClF3N5O2. The lowest BCUT2D eigenvalue weighted by Crippen LogP contribution is -2.53. The second-order valence-corrected chi connectivity index (χ2v) is 8.77. The van der Waals surface area contributed by atoms with E-state index < -0.39 is 11.7 Å². The van der Waals surface area contributed by atoms with Crippen molar-refractivity contribution < 1.29 is 22.7 Å². The van der Waals surface area contributed by atoms with E-state index in [-0.39, 0.29) is 17.0 Å². The highest BCUT2D eigenvalue weighted by Gasteiger charge is 2.33. The van der Waals surface area contributed by atoms with Crippen molar-refractivity contribution in [2.45, 2.75) is 19.1 Å². The number of ether oxygens (including phenoxy) is 1. The Morgan fingerprint density at radius 1 is 1.06 bits per heavy atom. The number of carbonyl (C=O) groups is 1. The van der Waals surface area contributed by atoms with Gasteiger partial charge in [-0.2, -0.15) is 13.2 Å². The molecule has 2 aliphatic rings. The van der Waals surface area contributed by atoms with Crippen molar-refractivity contribution in [3.8, 4) is 0 Å². The van der Waals surface area contributed by atoms with Crippen LogP contribution in [-0.2, 0) is 15.7 Å². The number of hydrogen-bond donors (Lipinski definition) is 1. The number of carbonyl (C=O) groups excluding carboxylic acids is 1. The van der Waals surface area contributed by atoms with Gasteiger partial charge in [-0.15, -0.1) is 0 Å². The summed E-state index contributed by atoms with van der Waals surface area (Å²) in [6, 6.07) is 8.31. The van der Waals surface area contributed by atoms with Crippen molar-refractivity contribution in [3.05, 3.63) is 47.1 Å². The number of anilines is 3. The fourth-order valence-electron chi connectivity index (χ4n) is 4.13. The van der Waals surface area contributed by atoms with E-state index in [4.69, 9.17) is 16.3 Å². The Balaban J connectivity index is 1.30. The first-order valence-electron chi connectivity index (χ1n) is 11.2. The maximum absolute atomic E-state index is 12.9. The van der Waals surface area contributed by atoms with Gasteiger partial charge in [0.2, 0.25) is 5.91 Å². The van der Waals surface area contributed by atoms with Gasteiger partial charge in [0.15, 0.2) is 0 Å². The molecule has 1 aromatic heterocycles. The second-order valence-electron chi connectivity index (χ2n) is 8.36. The molecule has 34 heavy (non-hydrogen) atoms. The highest BCUT2D eigenvalue weighted by molar-refractivity contribution is 6.33. The van der Waals surface area contributed by atoms with E-state index in [1.54, 1.807) is 0 Å². The summed E-state index contributed by atoms with van der Waals surface area (Å²) < 4.78 is 43.9. The van der Waals surface area contributed by atoms with Gasteiger partial charge in [0.25, 0.3) is 0 Å². The van der Waals surface area contributed by atoms with Crippen LogP contribution in [0.4, 0.5) is 30.4 Å². The molecule has 2 aromatic rings. The standard InChI is InChI=1S/C23H27ClF3N5O2/c1-16(22(33)29-18-2-4-19(5-3-18)31-10-12-34-13-11-31)30-6-8-32(9-7-30)21-20(24)14-17(15-28-21)23(25,26)27/h2-5,14-16H,6-13H2,1H3,(H,29,33)/t16-/m0/s1. The molecule has 1 atom stereocenters. The fourth-order valence-corrected chi connectivity index (χ4v) is 4.41. The monoisotopic (exact) mass is 497 g/mol. The fraction of sp³-hybridized carbons (Fsp3) is 0.478. The molecule has 1 aromatic carbocycles. The Hall–Kier alpha value is -2.56. The summed E-state index contributed by atoms with van der Waals surface area (Å²) in [4.78, 5) is 22.9. The van der Waals surface area contributed by atoms with Crippen molar-refractivity contribution in [1.82, 2.24) is 9.88 Å². The molecule has 7 nitrogen and oxygen atoms in total. The van der Waals surface area contributed by atoms with Gasteiger partial charge in [0, 0.05) is 56.8 Å². The van der Waals surface area contributed by atoms with E-state index in [0.29, 0.717) is 45.2 Å². The zero-order chi connectivity index (χ0) is 24.3. The molecule has 1 amide bonds. The van der Waals surface area contributed by atoms with Gasteiger partial charge in [-0.3, -0.25) is 9.69 Å². The number of aromatic nitrogens is 1. The highest BCUT2D eigenvalue weighted by atomic mass is 35.5. The van der Waals surface area contributed by atoms with Crippen LogP contribution in [0.3, 0.4) is 0 Å². The van der Waals surface area contributed by atoms with Crippen molar-refractivity contribution in [3.63, 3.8) is 0 Å². The van der Waals surface area contributed by atoms with Crippen molar-refractivity contribution in [1.29, 1.82) is 0 Å². The first-order valence-corrected chi connectivity index (χ1v) is 11.6. The minimum atomic E-state index is -4.49. The molecule has 2 saturated heterocycles. The number of pyridine rings is 1. The Bertz CT molecular complexity index is 991. The normalized spacial score (nSPS) is 18.6. The van der Waals surface area contributed by atoms with Gasteiger partial charge in [-0.25, -0.2) is 4.98 Å². The van der Waals surface area contributed by atoms with Crippen molar-refractivity contribution in [2.24, 2.45) is 0 Å². The summed E-state index contributed by atoms with van der Waals surface area (Å²) in [6.07, 6.45) is -3.69. The Morgan fingerprint density at radius 2 is 1.71 bits per heavy atom. The summed E-state index contributed by atoms with van der Waals surface area (Å²) in [7, 11) is 0. The molecule has 1 N–H and O–H groups in total. The highest BCUT2D eigenvalue weighted by Crippen LogP contribution is 2.33. The molecule has 11 heteroatoms. The maximum atomic E-state index is 12.9. The average molecular weight is 498 g/mol. The van der Waals surface area contributed by atoms with Crippen LogP contribution in [-0.4, -0.2) is 74.3 Å². The van der Waals surface area contributed by atoms with E-state index in [1.165, 1.54) is 0 Å². The number of morpholine rings is 1. The molecule has 2 aliphatic heterocycles. The molecule has 0 unspecified atom stereocenters. The molecule has 2 fully saturated rings. The number of benzene rings is 1. The van der Waals surface area contributed by atoms with E-state index in [2.05, 4.69) is 15.2 Å². The van der Waals surface area contributed by atoms with Crippen LogP contribution in [0.1, 0.15) is 12.5 Å². The van der Waals surface area contributed by atoms with Crippen LogP contribution in [0.2, 0.25) is 5.02 Å². The SMILES string of the molecule is C[C@@H](C(=O)Nc1ccc(N2CCOCC2)cc1)N1CCN(c2ncc(C(F)(F)F)cc2Cl)CC1. The summed E-state index contributed by atoms with van der Waals surface area (Å²) >= 11 is 6.08. The minimum Gasteiger partial charge on any atom is -0.378 e. The Labute approximate surface area is 201 Å². The van der Waals surface area contributed by atoms with Crippen LogP contribution in [0.15, 0.2) is 36.5 Å². The molecule has 0 bridgehead atoms. The second kappa shape index (κ2) is 10.4. The van der Waals surface area contributed by atoms with Gasteiger partial charge in [-0.05, 0) is 37.3 Å². The maximum Gasteiger partial charge on any atom is 0.417 e. The first-order chi connectivity index (χ1) is 16.2. The van der Waals surface area contributed by atoms with Gasteiger partial charge in [-0.1, -0.05) is 11.6 Å². The number of rotatable bonds is 5. The van der Waals surface area contributed by atoms with Gasteiger partial charge < -0.3 is 19.9 Å². The minimum absolute atomic E-state index is 0.0328. The predicted octanol–water partition coefficient (Wildman–Crippen LogP) is 3.74. The van der Waals surface area contributed by atoms with Crippen LogP contribution in [0, 0.1) is 0 Å². The largest absolute Gasteiger partial charge is 0.417 e. The average Bonchev–Trinajstić information content (AvgIpc) is 2.84. The molecule has 0 aliphatic carbocycles. The third-order valence-corrected chi connectivity index (χ3v) is 6.48. The third kappa shape index (κ3) is 5.73. The summed E-state index contributed by atoms with van der Waals surface area (Å²) in [5.41, 5.74) is 0.956. The van der Waals surface area contributed by atoms with E-state index >= 15 is 0 Å². The van der Waals surface area contributed by atoms with E-state index in [0.717, 1.165) is 36.7 Å². The molecule has 4 rings (SSSR count). The summed E-state index contributed by atoms with van der Waals surface area (Å²) in [5, 5.41) is 2.93. The zero-order valence-corrected chi connectivity index (χ0v) is 19.6. The predicted molar refractivity (Wildman–Crippen MR) is 126 cm³/mol. The lowest BCUT2D eigenvalue weighted by Gasteiger charge is -2.38. The summed E-state index contributed by atoms with van der Waals surface area (Å²) in [5.74, 6) is 0.213. The quantitative estimate of drug-likeness (QED) is 0.679. The number of nitrogens with zero attached hydrogens (tertiary/aromatic N) is 4. The smallest absolute Gasteiger partial charge is 0.378 e. The Morgan fingerprint density at radius 3 is 2.29 bits per heavy atom. The molecule has 184 valence electrons. The van der Waals surface area contributed by atoms with Crippen LogP contribution in [0.5, 0.6) is 0 Å². The number of piperazine rings is 1. The molecular weight excluding hydrogens is 471 g/mol. The van der Waals surface area contributed by atoms with Gasteiger partial charge in [0.05, 0.1) is 29.8 Å². The lowest BCUT2D eigenvalue weighted by atomic mass is 10.2. The topological polar surface area (TPSA) is 60.9 Å². The molecule has 0 spiro atoms. The van der Waals surface area contributed by atoms with Crippen LogP contribution < -0.4 is 15.1 Å². The lowest BCUT2D eigenvalue weighted by molar-refractivity contribution is -0.137. The number of nitrogens with one attached hydrogen (secondary N) is 1. The third-order valence-electron chi connectivity index (χ3n) is 6.20. The molecule has 3 heterocycles. The van der Waals surface area contributed by atoms with Crippen molar-refractivity contribution in [2.75, 3.05) is 67.6 Å². The van der Waals surface area contributed by atoms with Crippen LogP contribution in [0.25, 0.3) is 0 Å². The number of halogens is 4. The van der Waals surface area contributed by atoms with Crippen molar-refractivity contribution >= 4 is 34.7 Å². The Kier molecular flexibility index (Phi) is 7.49. The number of amides is 1. The molecule has 0 radical (unpaired) electrons. The van der Waals surface area contributed by atoms with E-state index in [1.807, 2.05) is 41.0 Å². The van der Waals surface area contributed by atoms with Crippen LogP contribution >= 0.6 is 11.6 Å². The van der Waals surface area contributed by atoms with Gasteiger partial charge in [0.1, 0.15) is 5.82 Å². The zero-order valence-electron chi connectivity index (χ0n) is 18.8. The van der Waals surface area contributed by atoms with E-state index in [9.17, 15) is 18.0 Å². The molecule has 0 saturated carbocycles. The first kappa shape index (κ1) is 24.6. The van der Waals surface area contributed by atoms with Gasteiger partial charge >= 0.3 is 6.18 Å². The number of alkyl halides is 3. The number of hydrogen-bond acceptors (Lipinski definition) is 6.